The fourth-order valence-corrected chi connectivity index (χ4v) is 3.49. The van der Waals surface area contributed by atoms with E-state index in [1.54, 1.807) is 25.1 Å². The fraction of sp³-hybridized carbons (Fsp3) is 0.304. The lowest BCUT2D eigenvalue weighted by Gasteiger charge is -2.18. The minimum atomic E-state index is -0.902. The smallest absolute Gasteiger partial charge is 0.331 e. The molecule has 6 nitrogen and oxygen atoms in total. The average Bonchev–Trinajstić information content (AvgIpc) is 3.20. The van der Waals surface area contributed by atoms with Crippen LogP contribution in [0.3, 0.4) is 0 Å². The Hall–Kier alpha value is -3.28. The summed E-state index contributed by atoms with van der Waals surface area (Å²) in [5, 5.41) is 2.81. The number of hydrogen-bond donors (Lipinski definition) is 1. The van der Waals surface area contributed by atoms with Crippen LogP contribution in [0.5, 0.6) is 11.5 Å². The second kappa shape index (κ2) is 8.39. The Labute approximate surface area is 169 Å². The Balaban J connectivity index is 1.31. The zero-order valence-electron chi connectivity index (χ0n) is 16.3. The van der Waals surface area contributed by atoms with E-state index < -0.39 is 12.1 Å². The van der Waals surface area contributed by atoms with Gasteiger partial charge in [0.1, 0.15) is 13.2 Å². The number of rotatable bonds is 5. The molecule has 4 rings (SSSR count). The van der Waals surface area contributed by atoms with Gasteiger partial charge in [0, 0.05) is 11.8 Å². The van der Waals surface area contributed by atoms with Crippen molar-refractivity contribution in [1.82, 2.24) is 0 Å². The number of fused-ring (bicyclic) bond motifs is 2. The first-order chi connectivity index (χ1) is 14.1. The Kier molecular flexibility index (Phi) is 5.51. The number of carbonyl (C=O) groups is 2. The Morgan fingerprint density at radius 3 is 2.69 bits per heavy atom. The van der Waals surface area contributed by atoms with Gasteiger partial charge in [-0.3, -0.25) is 4.79 Å². The fourth-order valence-electron chi connectivity index (χ4n) is 3.49. The predicted octanol–water partition coefficient (Wildman–Crippen LogP) is 3.53. The van der Waals surface area contributed by atoms with E-state index in [-0.39, 0.29) is 5.91 Å². The normalized spacial score (nSPS) is 15.6. The molecule has 6 heteroatoms. The summed E-state index contributed by atoms with van der Waals surface area (Å²) < 4.78 is 16.2. The maximum Gasteiger partial charge on any atom is 0.331 e. The largest absolute Gasteiger partial charge is 0.486 e. The van der Waals surface area contributed by atoms with Gasteiger partial charge in [0.15, 0.2) is 17.6 Å². The highest BCUT2D eigenvalue weighted by atomic mass is 16.6. The predicted molar refractivity (Wildman–Crippen MR) is 109 cm³/mol. The van der Waals surface area contributed by atoms with Gasteiger partial charge in [0.2, 0.25) is 0 Å². The molecule has 2 aromatic carbocycles. The van der Waals surface area contributed by atoms with Gasteiger partial charge >= 0.3 is 5.97 Å². The number of ether oxygens (including phenoxy) is 3. The molecule has 29 heavy (non-hydrogen) atoms. The van der Waals surface area contributed by atoms with Gasteiger partial charge in [0.25, 0.3) is 5.91 Å². The molecule has 0 unspecified atom stereocenters. The standard InChI is InChI=1S/C23H23NO5/c1-15(23(26)24-19-8-7-17-3-2-4-18(17)14-19)29-22(25)10-6-16-5-9-20-21(13-16)28-12-11-27-20/h5-10,13-15H,2-4,11-12H2,1H3,(H,24,26)/b10-6+/t15-/m1/s1. The molecule has 2 aliphatic rings. The zero-order valence-corrected chi connectivity index (χ0v) is 16.3. The van der Waals surface area contributed by atoms with E-state index in [2.05, 4.69) is 5.32 Å². The van der Waals surface area contributed by atoms with Crippen LogP contribution in [0.15, 0.2) is 42.5 Å². The van der Waals surface area contributed by atoms with Crippen LogP contribution < -0.4 is 14.8 Å². The summed E-state index contributed by atoms with van der Waals surface area (Å²) >= 11 is 0. The third kappa shape index (κ3) is 4.59. The number of aryl methyl sites for hydroxylation is 2. The van der Waals surface area contributed by atoms with E-state index in [1.807, 2.05) is 24.3 Å². The molecule has 0 saturated heterocycles. The molecule has 1 aliphatic heterocycles. The molecule has 1 heterocycles. The van der Waals surface area contributed by atoms with Gasteiger partial charge in [-0.15, -0.1) is 0 Å². The number of nitrogens with one attached hydrogen (secondary N) is 1. The molecule has 0 aromatic heterocycles. The Morgan fingerprint density at radius 1 is 1.03 bits per heavy atom. The summed E-state index contributed by atoms with van der Waals surface area (Å²) in [5.74, 6) is 0.391. The van der Waals surface area contributed by atoms with Crippen LogP contribution in [0.1, 0.15) is 30.0 Å². The minimum Gasteiger partial charge on any atom is -0.486 e. The topological polar surface area (TPSA) is 73.9 Å². The van der Waals surface area contributed by atoms with E-state index in [4.69, 9.17) is 14.2 Å². The van der Waals surface area contributed by atoms with Crippen LogP contribution in [0, 0.1) is 0 Å². The lowest BCUT2D eigenvalue weighted by molar-refractivity contribution is -0.148. The average molecular weight is 393 g/mol. The number of anilines is 1. The molecule has 0 radical (unpaired) electrons. The van der Waals surface area contributed by atoms with Crippen LogP contribution in [0.4, 0.5) is 5.69 Å². The monoisotopic (exact) mass is 393 g/mol. The third-order valence-corrected chi connectivity index (χ3v) is 5.01. The maximum atomic E-state index is 12.3. The van der Waals surface area contributed by atoms with Gasteiger partial charge in [0.05, 0.1) is 0 Å². The van der Waals surface area contributed by atoms with Gasteiger partial charge in [-0.25, -0.2) is 4.79 Å². The molecule has 1 atom stereocenters. The summed E-state index contributed by atoms with van der Waals surface area (Å²) in [7, 11) is 0. The SMILES string of the molecule is C[C@@H](OC(=O)/C=C/c1ccc2c(c1)OCCO2)C(=O)Nc1ccc2c(c1)CCC2. The van der Waals surface area contributed by atoms with Crippen molar-refractivity contribution in [2.24, 2.45) is 0 Å². The van der Waals surface area contributed by atoms with Gasteiger partial charge in [-0.1, -0.05) is 12.1 Å². The lowest BCUT2D eigenvalue weighted by atomic mass is 10.1. The van der Waals surface area contributed by atoms with Crippen LogP contribution in [-0.4, -0.2) is 31.2 Å². The Morgan fingerprint density at radius 2 is 1.83 bits per heavy atom. The molecule has 1 amide bonds. The summed E-state index contributed by atoms with van der Waals surface area (Å²) in [6, 6.07) is 11.3. The van der Waals surface area contributed by atoms with E-state index >= 15 is 0 Å². The number of amides is 1. The molecule has 1 aliphatic carbocycles. The van der Waals surface area contributed by atoms with E-state index in [1.165, 1.54) is 17.2 Å². The lowest BCUT2D eigenvalue weighted by Crippen LogP contribution is -2.29. The van der Waals surface area contributed by atoms with Gasteiger partial charge < -0.3 is 19.5 Å². The van der Waals surface area contributed by atoms with Crippen LogP contribution in [0.2, 0.25) is 0 Å². The molecule has 0 spiro atoms. The number of hydrogen-bond acceptors (Lipinski definition) is 5. The quantitative estimate of drug-likeness (QED) is 0.621. The van der Waals surface area contributed by atoms with Crippen molar-refractivity contribution in [3.63, 3.8) is 0 Å². The highest BCUT2D eigenvalue weighted by Gasteiger charge is 2.18. The molecule has 0 bridgehead atoms. The zero-order chi connectivity index (χ0) is 20.2. The van der Waals surface area contributed by atoms with E-state index in [0.29, 0.717) is 24.7 Å². The third-order valence-electron chi connectivity index (χ3n) is 5.01. The highest BCUT2D eigenvalue weighted by Crippen LogP contribution is 2.31. The number of esters is 1. The second-order valence-electron chi connectivity index (χ2n) is 7.14. The summed E-state index contributed by atoms with van der Waals surface area (Å²) in [6.07, 6.45) is 5.29. The first-order valence-electron chi connectivity index (χ1n) is 9.79. The van der Waals surface area contributed by atoms with Crippen molar-refractivity contribution in [2.45, 2.75) is 32.3 Å². The van der Waals surface area contributed by atoms with Crippen LogP contribution >= 0.6 is 0 Å². The van der Waals surface area contributed by atoms with Gasteiger partial charge in [-0.05, 0) is 73.2 Å². The van der Waals surface area contributed by atoms with E-state index in [0.717, 1.165) is 30.5 Å². The van der Waals surface area contributed by atoms with Gasteiger partial charge in [-0.2, -0.15) is 0 Å². The molecule has 2 aromatic rings. The number of benzene rings is 2. The summed E-state index contributed by atoms with van der Waals surface area (Å²) in [6.45, 7) is 2.58. The molecular formula is C23H23NO5. The first-order valence-corrected chi connectivity index (χ1v) is 9.79. The number of carbonyl (C=O) groups excluding carboxylic acids is 2. The van der Waals surface area contributed by atoms with Crippen molar-refractivity contribution < 1.29 is 23.8 Å². The molecule has 0 fully saturated rings. The highest BCUT2D eigenvalue weighted by molar-refractivity contribution is 5.96. The molecule has 1 N–H and O–H groups in total. The molecular weight excluding hydrogens is 370 g/mol. The first kappa shape index (κ1) is 19.1. The Bertz CT molecular complexity index is 966. The van der Waals surface area contributed by atoms with Crippen LogP contribution in [-0.2, 0) is 27.2 Å². The van der Waals surface area contributed by atoms with Crippen molar-refractivity contribution in [3.05, 3.63) is 59.2 Å². The van der Waals surface area contributed by atoms with Crippen LogP contribution in [0.25, 0.3) is 6.08 Å². The molecule has 0 saturated carbocycles. The summed E-state index contributed by atoms with van der Waals surface area (Å²) in [5.41, 5.74) is 4.12. The van der Waals surface area contributed by atoms with Crippen molar-refractivity contribution in [3.8, 4) is 11.5 Å². The van der Waals surface area contributed by atoms with Crippen molar-refractivity contribution >= 4 is 23.6 Å². The van der Waals surface area contributed by atoms with E-state index in [9.17, 15) is 9.59 Å². The second-order valence-corrected chi connectivity index (χ2v) is 7.14. The molecule has 150 valence electrons. The van der Waals surface area contributed by atoms with Crippen molar-refractivity contribution in [2.75, 3.05) is 18.5 Å². The summed E-state index contributed by atoms with van der Waals surface area (Å²) in [4.78, 5) is 24.4. The minimum absolute atomic E-state index is 0.357. The maximum absolute atomic E-state index is 12.3. The van der Waals surface area contributed by atoms with Crippen molar-refractivity contribution in [1.29, 1.82) is 0 Å².